The first-order valence-electron chi connectivity index (χ1n) is 10.2. The van der Waals surface area contributed by atoms with Crippen LogP contribution in [0.2, 0.25) is 0 Å². The average Bonchev–Trinajstić information content (AvgIpc) is 2.57. The Hall–Kier alpha value is -1.05. The summed E-state index contributed by atoms with van der Waals surface area (Å²) in [7, 11) is 0. The van der Waals surface area contributed by atoms with Gasteiger partial charge in [-0.15, -0.1) is 0 Å². The van der Waals surface area contributed by atoms with Crippen molar-refractivity contribution in [2.45, 2.75) is 104 Å². The highest BCUT2D eigenvalue weighted by Gasteiger charge is 2.15. The first kappa shape index (κ1) is 22.9. The van der Waals surface area contributed by atoms with Crippen molar-refractivity contribution < 1.29 is 9.90 Å². The highest BCUT2D eigenvalue weighted by atomic mass is 16.4. The van der Waals surface area contributed by atoms with Gasteiger partial charge < -0.3 is 5.11 Å². The minimum atomic E-state index is -0.617. The molecule has 140 valence electrons. The van der Waals surface area contributed by atoms with Gasteiger partial charge in [0.1, 0.15) is 0 Å². The molecule has 0 fully saturated rings. The molecule has 0 rings (SSSR count). The van der Waals surface area contributed by atoms with E-state index in [9.17, 15) is 9.90 Å². The van der Waals surface area contributed by atoms with Crippen LogP contribution in [0.4, 0.5) is 0 Å². The second-order valence-electron chi connectivity index (χ2n) is 6.83. The van der Waals surface area contributed by atoms with E-state index in [0.29, 0.717) is 0 Å². The standard InChI is InChI=1S/C22H40O2/c1-3-5-7-9-11-13-15-17-19-21(22(23)24)20-18-16-14-12-10-8-6-4-2/h11-14,21H,3-10,15-20H2,1-2H3,(H,23,24). The number of allylic oxidation sites excluding steroid dienone is 4. The van der Waals surface area contributed by atoms with Crippen LogP contribution in [0, 0.1) is 5.92 Å². The van der Waals surface area contributed by atoms with Crippen molar-refractivity contribution in [2.75, 3.05) is 0 Å². The van der Waals surface area contributed by atoms with Crippen LogP contribution in [-0.2, 0) is 4.79 Å². The van der Waals surface area contributed by atoms with E-state index in [0.717, 1.165) is 38.5 Å². The predicted octanol–water partition coefficient (Wildman–Crippen LogP) is 7.30. The van der Waals surface area contributed by atoms with Crippen LogP contribution in [-0.4, -0.2) is 11.1 Å². The fraction of sp³-hybridized carbons (Fsp3) is 0.773. The van der Waals surface area contributed by atoms with Gasteiger partial charge in [0.15, 0.2) is 0 Å². The van der Waals surface area contributed by atoms with Crippen LogP contribution < -0.4 is 0 Å². The normalized spacial score (nSPS) is 13.1. The molecule has 0 aliphatic heterocycles. The monoisotopic (exact) mass is 336 g/mol. The number of carboxylic acids is 1. The van der Waals surface area contributed by atoms with Crippen molar-refractivity contribution >= 4 is 5.97 Å². The molecular formula is C22H40O2. The lowest BCUT2D eigenvalue weighted by Gasteiger charge is -2.10. The van der Waals surface area contributed by atoms with E-state index in [1.165, 1.54) is 51.4 Å². The Labute approximate surface area is 150 Å². The van der Waals surface area contributed by atoms with Gasteiger partial charge in [-0.2, -0.15) is 0 Å². The van der Waals surface area contributed by atoms with E-state index in [-0.39, 0.29) is 5.92 Å². The zero-order valence-corrected chi connectivity index (χ0v) is 16.1. The summed E-state index contributed by atoms with van der Waals surface area (Å²) in [5, 5.41) is 9.34. The van der Waals surface area contributed by atoms with E-state index in [1.807, 2.05) is 0 Å². The van der Waals surface area contributed by atoms with Gasteiger partial charge >= 0.3 is 5.97 Å². The molecule has 24 heavy (non-hydrogen) atoms. The zero-order valence-electron chi connectivity index (χ0n) is 16.1. The second kappa shape index (κ2) is 18.3. The number of hydrogen-bond acceptors (Lipinski definition) is 1. The van der Waals surface area contributed by atoms with E-state index < -0.39 is 5.97 Å². The van der Waals surface area contributed by atoms with Crippen LogP contribution in [0.1, 0.15) is 104 Å². The molecule has 2 nitrogen and oxygen atoms in total. The van der Waals surface area contributed by atoms with Gasteiger partial charge in [-0.05, 0) is 64.2 Å². The molecule has 1 N–H and O–H groups in total. The number of unbranched alkanes of at least 4 members (excludes halogenated alkanes) is 8. The van der Waals surface area contributed by atoms with Crippen LogP contribution in [0.25, 0.3) is 0 Å². The molecule has 0 unspecified atom stereocenters. The fourth-order valence-electron chi connectivity index (χ4n) is 2.85. The van der Waals surface area contributed by atoms with E-state index in [1.54, 1.807) is 0 Å². The molecule has 0 aliphatic carbocycles. The van der Waals surface area contributed by atoms with Crippen LogP contribution in [0.5, 0.6) is 0 Å². The summed E-state index contributed by atoms with van der Waals surface area (Å²) in [4.78, 5) is 11.3. The predicted molar refractivity (Wildman–Crippen MR) is 105 cm³/mol. The van der Waals surface area contributed by atoms with Crippen LogP contribution in [0.15, 0.2) is 24.3 Å². The molecule has 0 bridgehead atoms. The van der Waals surface area contributed by atoms with Gasteiger partial charge in [0, 0.05) is 0 Å². The lowest BCUT2D eigenvalue weighted by molar-refractivity contribution is -0.142. The maximum absolute atomic E-state index is 11.3. The summed E-state index contributed by atoms with van der Waals surface area (Å²) in [5.41, 5.74) is 0. The Morgan fingerprint density at radius 1 is 0.708 bits per heavy atom. The average molecular weight is 337 g/mol. The largest absolute Gasteiger partial charge is 0.481 e. The van der Waals surface area contributed by atoms with Gasteiger partial charge in [-0.3, -0.25) is 4.79 Å². The lowest BCUT2D eigenvalue weighted by atomic mass is 9.95. The molecule has 0 aromatic carbocycles. The molecule has 0 spiro atoms. The summed E-state index contributed by atoms with van der Waals surface area (Å²) in [5.74, 6) is -0.777. The lowest BCUT2D eigenvalue weighted by Crippen LogP contribution is -2.13. The highest BCUT2D eigenvalue weighted by molar-refractivity contribution is 5.69. The van der Waals surface area contributed by atoms with E-state index in [2.05, 4.69) is 38.2 Å². The van der Waals surface area contributed by atoms with Crippen LogP contribution >= 0.6 is 0 Å². The first-order chi connectivity index (χ1) is 11.7. The Morgan fingerprint density at radius 2 is 1.08 bits per heavy atom. The van der Waals surface area contributed by atoms with Crippen molar-refractivity contribution in [1.82, 2.24) is 0 Å². The molecule has 0 heterocycles. The number of carbonyl (C=O) groups is 1. The van der Waals surface area contributed by atoms with Crippen LogP contribution in [0.3, 0.4) is 0 Å². The molecule has 0 amide bonds. The third kappa shape index (κ3) is 15.8. The van der Waals surface area contributed by atoms with Crippen molar-refractivity contribution in [1.29, 1.82) is 0 Å². The fourth-order valence-corrected chi connectivity index (χ4v) is 2.85. The summed E-state index contributed by atoms with van der Waals surface area (Å²) in [6.45, 7) is 4.44. The van der Waals surface area contributed by atoms with Gasteiger partial charge in [0.2, 0.25) is 0 Å². The van der Waals surface area contributed by atoms with Gasteiger partial charge in [-0.1, -0.05) is 63.8 Å². The van der Waals surface area contributed by atoms with E-state index >= 15 is 0 Å². The molecule has 0 radical (unpaired) electrons. The zero-order chi connectivity index (χ0) is 17.9. The molecule has 0 saturated heterocycles. The topological polar surface area (TPSA) is 37.3 Å². The quantitative estimate of drug-likeness (QED) is 0.223. The van der Waals surface area contributed by atoms with Crippen molar-refractivity contribution in [3.8, 4) is 0 Å². The minimum Gasteiger partial charge on any atom is -0.481 e. The maximum atomic E-state index is 11.3. The summed E-state index contributed by atoms with van der Waals surface area (Å²) in [6.07, 6.45) is 24.7. The van der Waals surface area contributed by atoms with Crippen molar-refractivity contribution in [2.24, 2.45) is 5.92 Å². The highest BCUT2D eigenvalue weighted by Crippen LogP contribution is 2.17. The maximum Gasteiger partial charge on any atom is 0.306 e. The number of aliphatic carboxylic acids is 1. The molecule has 0 aromatic heterocycles. The second-order valence-corrected chi connectivity index (χ2v) is 6.83. The van der Waals surface area contributed by atoms with Gasteiger partial charge in [-0.25, -0.2) is 0 Å². The smallest absolute Gasteiger partial charge is 0.306 e. The third-order valence-corrected chi connectivity index (χ3v) is 4.48. The molecule has 0 atom stereocenters. The number of hydrogen-bond donors (Lipinski definition) is 1. The Balaban J connectivity index is 3.69. The number of carboxylic acid groups (broad SMARTS) is 1. The minimum absolute atomic E-state index is 0.160. The Morgan fingerprint density at radius 3 is 1.42 bits per heavy atom. The summed E-state index contributed by atoms with van der Waals surface area (Å²) >= 11 is 0. The Bertz CT molecular complexity index is 305. The van der Waals surface area contributed by atoms with Crippen molar-refractivity contribution in [3.05, 3.63) is 24.3 Å². The molecule has 0 aromatic rings. The summed E-state index contributed by atoms with van der Waals surface area (Å²) < 4.78 is 0. The Kier molecular flexibility index (Phi) is 17.5. The first-order valence-corrected chi connectivity index (χ1v) is 10.2. The molecular weight excluding hydrogens is 296 g/mol. The molecule has 0 aliphatic rings. The molecule has 0 saturated carbocycles. The van der Waals surface area contributed by atoms with Gasteiger partial charge in [0.25, 0.3) is 0 Å². The SMILES string of the molecule is CCCCCC=CCCCC(CCCC=CCCCCC)C(=O)O. The van der Waals surface area contributed by atoms with E-state index in [4.69, 9.17) is 0 Å². The third-order valence-electron chi connectivity index (χ3n) is 4.48. The van der Waals surface area contributed by atoms with Gasteiger partial charge in [0.05, 0.1) is 5.92 Å². The number of rotatable bonds is 17. The van der Waals surface area contributed by atoms with Crippen molar-refractivity contribution in [3.63, 3.8) is 0 Å². The summed E-state index contributed by atoms with van der Waals surface area (Å²) in [6, 6.07) is 0. The molecule has 2 heteroatoms.